The van der Waals surface area contributed by atoms with Crippen molar-refractivity contribution in [1.82, 2.24) is 19.4 Å². The van der Waals surface area contributed by atoms with E-state index in [1.807, 2.05) is 13.8 Å². The summed E-state index contributed by atoms with van der Waals surface area (Å²) in [7, 11) is 0. The van der Waals surface area contributed by atoms with Crippen molar-refractivity contribution >= 4 is 81.0 Å². The Balaban J connectivity index is 0.000000299. The van der Waals surface area contributed by atoms with Gasteiger partial charge in [-0.25, -0.2) is 15.0 Å². The molecule has 244 valence electrons. The number of hydrogen-bond donors (Lipinski definition) is 3. The Kier molecular flexibility index (Phi) is 19.2. The number of aromatic nitrogens is 4. The molecule has 4 heterocycles. The molecule has 0 amide bonds. The monoisotopic (exact) mass is 884 g/mol. The molecule has 0 aromatic carbocycles. The maximum absolute atomic E-state index is 12.0. The van der Waals surface area contributed by atoms with Crippen molar-refractivity contribution in [1.29, 1.82) is 0 Å². The molecule has 0 spiro atoms. The zero-order chi connectivity index (χ0) is 33.2. The van der Waals surface area contributed by atoms with E-state index < -0.39 is 13.2 Å². The standard InChI is InChI=1S/C8H5BrF2N2O.C6H5BrF2N2O.C6H13BrO2.C5H5BrN2O/c9-5-3-6(14-8(10)11)7-12-1-2-13(7)4-5;7-3-1-4(12-6(8)9)5(10)11-2-3;1-3-8-6(5-7)9-4-2;6-3-1-4(9)5(7)8-2-3/h1-4,8H;1-2,6H,(H2,10,11);6H,3-5H2,1-2H3;1-2,9H,(H2,7,8). The molecule has 44 heavy (non-hydrogen) atoms. The van der Waals surface area contributed by atoms with E-state index >= 15 is 0 Å². The van der Waals surface area contributed by atoms with E-state index in [1.165, 1.54) is 36.8 Å². The zero-order valence-electron chi connectivity index (χ0n) is 23.0. The van der Waals surface area contributed by atoms with E-state index in [0.717, 1.165) is 5.33 Å². The number of ether oxygens (including phenoxy) is 4. The average Bonchev–Trinajstić information content (AvgIpc) is 3.42. The number of imidazole rings is 1. The highest BCUT2D eigenvalue weighted by molar-refractivity contribution is 9.11. The van der Waals surface area contributed by atoms with Crippen molar-refractivity contribution in [2.75, 3.05) is 30.0 Å². The van der Waals surface area contributed by atoms with E-state index in [9.17, 15) is 17.6 Å². The number of fused-ring (bicyclic) bond motifs is 1. The van der Waals surface area contributed by atoms with Crippen LogP contribution in [0.5, 0.6) is 17.2 Å². The molecule has 0 saturated carbocycles. The number of alkyl halides is 5. The summed E-state index contributed by atoms with van der Waals surface area (Å²) in [6.45, 7) is -0.413. The van der Waals surface area contributed by atoms with Crippen molar-refractivity contribution in [2.45, 2.75) is 33.4 Å². The molecule has 4 rings (SSSR count). The van der Waals surface area contributed by atoms with Gasteiger partial charge in [-0.2, -0.15) is 17.6 Å². The van der Waals surface area contributed by atoms with Crippen LogP contribution in [0.3, 0.4) is 0 Å². The van der Waals surface area contributed by atoms with Crippen LogP contribution < -0.4 is 20.9 Å². The third-order valence-corrected chi connectivity index (χ3v) is 6.23. The number of nitrogen functional groups attached to an aromatic ring is 2. The summed E-state index contributed by atoms with van der Waals surface area (Å²) < 4.78 is 69.7. The van der Waals surface area contributed by atoms with Gasteiger partial charge in [0.2, 0.25) is 0 Å². The van der Waals surface area contributed by atoms with Crippen LogP contribution in [0.2, 0.25) is 0 Å². The summed E-state index contributed by atoms with van der Waals surface area (Å²) >= 11 is 12.6. The first-order valence-electron chi connectivity index (χ1n) is 12.1. The van der Waals surface area contributed by atoms with Crippen LogP contribution >= 0.6 is 63.7 Å². The molecule has 0 aliphatic carbocycles. The highest BCUT2D eigenvalue weighted by Crippen LogP contribution is 2.25. The molecule has 0 radical (unpaired) electrons. The second kappa shape index (κ2) is 21.3. The molecule has 0 saturated heterocycles. The highest BCUT2D eigenvalue weighted by atomic mass is 79.9. The lowest BCUT2D eigenvalue weighted by Gasteiger charge is -2.12. The molecule has 0 aliphatic rings. The summed E-state index contributed by atoms with van der Waals surface area (Å²) in [5, 5.41) is 9.63. The van der Waals surface area contributed by atoms with Crippen LogP contribution in [0.25, 0.3) is 5.65 Å². The molecular formula is C25H28Br4F4N6O5. The fraction of sp³-hybridized carbons (Fsp3) is 0.320. The number of nitrogens with zero attached hydrogens (tertiary/aromatic N) is 4. The van der Waals surface area contributed by atoms with E-state index in [1.54, 1.807) is 16.8 Å². The molecule has 11 nitrogen and oxygen atoms in total. The predicted octanol–water partition coefficient (Wildman–Crippen LogP) is 7.64. The first kappa shape index (κ1) is 39.6. The molecule has 0 atom stereocenters. The number of halogens is 8. The van der Waals surface area contributed by atoms with Gasteiger partial charge in [-0.1, -0.05) is 15.9 Å². The number of pyridine rings is 3. The first-order chi connectivity index (χ1) is 20.8. The van der Waals surface area contributed by atoms with E-state index in [0.29, 0.717) is 32.3 Å². The summed E-state index contributed by atoms with van der Waals surface area (Å²) in [5.74, 6) is 0.0276. The van der Waals surface area contributed by atoms with Gasteiger partial charge in [0, 0.05) is 57.6 Å². The Morgan fingerprint density at radius 3 is 1.84 bits per heavy atom. The minimum absolute atomic E-state index is 0.00405. The van der Waals surface area contributed by atoms with Gasteiger partial charge in [-0.05, 0) is 79.8 Å². The Hall–Kier alpha value is -2.45. The lowest BCUT2D eigenvalue weighted by Crippen LogP contribution is -2.18. The number of rotatable bonds is 9. The number of anilines is 2. The minimum atomic E-state index is -2.89. The third-order valence-electron chi connectivity index (χ3n) is 4.40. The van der Waals surface area contributed by atoms with Crippen molar-refractivity contribution in [3.63, 3.8) is 0 Å². The van der Waals surface area contributed by atoms with Crippen molar-refractivity contribution < 1.29 is 41.6 Å². The van der Waals surface area contributed by atoms with Crippen LogP contribution in [-0.4, -0.2) is 62.5 Å². The number of hydrogen-bond acceptors (Lipinski definition) is 10. The van der Waals surface area contributed by atoms with Gasteiger partial charge in [0.05, 0.1) is 5.33 Å². The lowest BCUT2D eigenvalue weighted by molar-refractivity contribution is -0.119. The Morgan fingerprint density at radius 2 is 1.34 bits per heavy atom. The maximum atomic E-state index is 12.0. The van der Waals surface area contributed by atoms with Crippen molar-refractivity contribution in [2.24, 2.45) is 0 Å². The van der Waals surface area contributed by atoms with E-state index in [4.69, 9.17) is 26.0 Å². The molecule has 19 heteroatoms. The second-order valence-electron chi connectivity index (χ2n) is 7.53. The van der Waals surface area contributed by atoms with Gasteiger partial charge in [-0.3, -0.25) is 0 Å². The van der Waals surface area contributed by atoms with Gasteiger partial charge in [-0.15, -0.1) is 0 Å². The Labute approximate surface area is 283 Å². The van der Waals surface area contributed by atoms with Crippen molar-refractivity contribution in [3.8, 4) is 17.2 Å². The van der Waals surface area contributed by atoms with Gasteiger partial charge < -0.3 is 39.9 Å². The Bertz CT molecular complexity index is 1400. The SMILES string of the molecule is CCOC(CBr)OCC.FC(F)Oc1cc(Br)cn2ccnc12.Nc1ncc(Br)cc1O.Nc1ncc(Br)cc1OC(F)F. The lowest BCUT2D eigenvalue weighted by atomic mass is 10.4. The van der Waals surface area contributed by atoms with Crippen LogP contribution in [0.15, 0.2) is 62.6 Å². The molecule has 5 N–H and O–H groups in total. The van der Waals surface area contributed by atoms with Gasteiger partial charge in [0.25, 0.3) is 0 Å². The van der Waals surface area contributed by atoms with Crippen molar-refractivity contribution in [3.05, 3.63) is 62.6 Å². The topological polar surface area (TPSA) is 152 Å². The first-order valence-corrected chi connectivity index (χ1v) is 15.6. The summed E-state index contributed by atoms with van der Waals surface area (Å²) in [6, 6.07) is 4.27. The number of aromatic hydroxyl groups is 1. The number of nitrogens with two attached hydrogens (primary N) is 2. The summed E-state index contributed by atoms with van der Waals surface area (Å²) in [6.07, 6.45) is 7.72. The van der Waals surface area contributed by atoms with Gasteiger partial charge in [0.15, 0.2) is 40.8 Å². The molecule has 4 aromatic heterocycles. The fourth-order valence-electron chi connectivity index (χ4n) is 2.72. The van der Waals surface area contributed by atoms with Crippen LogP contribution in [0, 0.1) is 0 Å². The maximum Gasteiger partial charge on any atom is 0.387 e. The highest BCUT2D eigenvalue weighted by Gasteiger charge is 2.11. The zero-order valence-corrected chi connectivity index (χ0v) is 29.4. The molecule has 0 bridgehead atoms. The smallest absolute Gasteiger partial charge is 0.387 e. The molecular weight excluding hydrogens is 860 g/mol. The summed E-state index contributed by atoms with van der Waals surface area (Å²) in [5.41, 5.74) is 10.8. The van der Waals surface area contributed by atoms with Gasteiger partial charge >= 0.3 is 13.2 Å². The van der Waals surface area contributed by atoms with Crippen LogP contribution in [-0.2, 0) is 9.47 Å². The second-order valence-corrected chi connectivity index (χ2v) is 10.9. The largest absolute Gasteiger partial charge is 0.504 e. The van der Waals surface area contributed by atoms with E-state index in [2.05, 4.69) is 88.1 Å². The predicted molar refractivity (Wildman–Crippen MR) is 171 cm³/mol. The average molecular weight is 888 g/mol. The minimum Gasteiger partial charge on any atom is -0.504 e. The van der Waals surface area contributed by atoms with Crippen LogP contribution in [0.4, 0.5) is 29.2 Å². The fourth-order valence-corrected chi connectivity index (χ4v) is 4.15. The Morgan fingerprint density at radius 1 is 0.818 bits per heavy atom. The third kappa shape index (κ3) is 15.5. The normalized spacial score (nSPS) is 10.5. The van der Waals surface area contributed by atoms with E-state index in [-0.39, 0.29) is 35.2 Å². The van der Waals surface area contributed by atoms with Gasteiger partial charge in [0.1, 0.15) is 0 Å². The molecule has 0 unspecified atom stereocenters. The quantitative estimate of drug-likeness (QED) is 0.0869. The van der Waals surface area contributed by atoms with Crippen LogP contribution in [0.1, 0.15) is 13.8 Å². The molecule has 4 aromatic rings. The summed E-state index contributed by atoms with van der Waals surface area (Å²) in [4.78, 5) is 11.2. The molecule has 0 aliphatic heterocycles. The molecule has 0 fully saturated rings.